The quantitative estimate of drug-likeness (QED) is 0.869. The zero-order chi connectivity index (χ0) is 13.0. The topological polar surface area (TPSA) is 45.6 Å². The summed E-state index contributed by atoms with van der Waals surface area (Å²) in [5.74, 6) is 2.37. The summed E-state index contributed by atoms with van der Waals surface area (Å²) >= 11 is 0. The summed E-state index contributed by atoms with van der Waals surface area (Å²) in [5, 5.41) is 9.00. The highest BCUT2D eigenvalue weighted by Crippen LogP contribution is 2.31. The molecular weight excluding hydrogens is 228 g/mol. The van der Waals surface area contributed by atoms with Crippen LogP contribution in [0.15, 0.2) is 18.3 Å². The monoisotopic (exact) mass is 250 g/mol. The molecule has 1 N–H and O–H groups in total. The van der Waals surface area contributed by atoms with Crippen molar-refractivity contribution in [2.75, 3.05) is 24.6 Å². The van der Waals surface area contributed by atoms with Crippen LogP contribution in [0.1, 0.15) is 26.7 Å². The van der Waals surface area contributed by atoms with Crippen LogP contribution in [-0.4, -0.2) is 35.9 Å². The van der Waals surface area contributed by atoms with Crippen molar-refractivity contribution < 1.29 is 9.84 Å². The van der Waals surface area contributed by atoms with Gasteiger partial charge in [0.25, 0.3) is 0 Å². The second-order valence-corrected chi connectivity index (χ2v) is 5.10. The number of aliphatic hydroxyl groups is 1. The third kappa shape index (κ3) is 3.13. The van der Waals surface area contributed by atoms with E-state index >= 15 is 0 Å². The molecular formula is C14H22N2O2. The summed E-state index contributed by atoms with van der Waals surface area (Å²) in [4.78, 5) is 6.71. The average molecular weight is 250 g/mol. The zero-order valence-corrected chi connectivity index (χ0v) is 11.2. The van der Waals surface area contributed by atoms with Crippen LogP contribution >= 0.6 is 0 Å². The number of hydrogen-bond donors (Lipinski definition) is 1. The maximum Gasteiger partial charge on any atom is 0.171 e. The smallest absolute Gasteiger partial charge is 0.171 e. The van der Waals surface area contributed by atoms with Crippen LogP contribution in [0.4, 0.5) is 5.82 Å². The van der Waals surface area contributed by atoms with Crippen LogP contribution in [0.5, 0.6) is 5.75 Å². The Kier molecular flexibility index (Phi) is 4.42. The molecule has 18 heavy (non-hydrogen) atoms. The summed E-state index contributed by atoms with van der Waals surface area (Å²) in [6.45, 7) is 6.28. The molecule has 1 aromatic rings. The lowest BCUT2D eigenvalue weighted by Gasteiger charge is -2.21. The molecule has 0 aliphatic carbocycles. The highest BCUT2D eigenvalue weighted by molar-refractivity contribution is 5.52. The van der Waals surface area contributed by atoms with Gasteiger partial charge in [-0.3, -0.25) is 0 Å². The van der Waals surface area contributed by atoms with E-state index in [4.69, 9.17) is 9.84 Å². The molecule has 0 aromatic carbocycles. The van der Waals surface area contributed by atoms with E-state index in [1.807, 2.05) is 32.2 Å². The summed E-state index contributed by atoms with van der Waals surface area (Å²) in [6.07, 6.45) is 3.97. The minimum Gasteiger partial charge on any atom is -0.487 e. The van der Waals surface area contributed by atoms with Crippen LogP contribution < -0.4 is 9.64 Å². The number of aliphatic hydroxyl groups excluding tert-OH is 1. The van der Waals surface area contributed by atoms with Crippen molar-refractivity contribution in [3.05, 3.63) is 18.3 Å². The molecule has 2 rings (SSSR count). The summed E-state index contributed by atoms with van der Waals surface area (Å²) < 4.78 is 5.80. The van der Waals surface area contributed by atoms with E-state index in [0.29, 0.717) is 5.92 Å². The first-order valence-corrected chi connectivity index (χ1v) is 6.68. The Morgan fingerprint density at radius 1 is 1.56 bits per heavy atom. The lowest BCUT2D eigenvalue weighted by Crippen LogP contribution is -2.22. The molecule has 4 nitrogen and oxygen atoms in total. The standard InChI is InChI=1S/C14H22N2O2/c1-11(2)18-13-4-3-7-15-14(13)16-8-5-12(10-16)6-9-17/h3-4,7,11-12,17H,5-6,8-10H2,1-2H3. The number of rotatable bonds is 5. The van der Waals surface area contributed by atoms with Gasteiger partial charge in [-0.1, -0.05) is 0 Å². The molecule has 0 spiro atoms. The van der Waals surface area contributed by atoms with E-state index in [1.54, 1.807) is 0 Å². The van der Waals surface area contributed by atoms with Gasteiger partial charge in [-0.05, 0) is 44.7 Å². The normalized spacial score (nSPS) is 19.6. The van der Waals surface area contributed by atoms with Crippen LogP contribution in [0, 0.1) is 5.92 Å². The lowest BCUT2D eigenvalue weighted by molar-refractivity contribution is 0.242. The fourth-order valence-electron chi connectivity index (χ4n) is 2.41. The van der Waals surface area contributed by atoms with Gasteiger partial charge in [-0.15, -0.1) is 0 Å². The highest BCUT2D eigenvalue weighted by Gasteiger charge is 2.25. The first-order valence-electron chi connectivity index (χ1n) is 6.68. The largest absolute Gasteiger partial charge is 0.487 e. The highest BCUT2D eigenvalue weighted by atomic mass is 16.5. The zero-order valence-electron chi connectivity index (χ0n) is 11.2. The Bertz CT molecular complexity index is 382. The molecule has 1 unspecified atom stereocenters. The fraction of sp³-hybridized carbons (Fsp3) is 0.643. The molecule has 1 aliphatic rings. The number of pyridine rings is 1. The number of nitrogens with zero attached hydrogens (tertiary/aromatic N) is 2. The summed E-state index contributed by atoms with van der Waals surface area (Å²) in [5.41, 5.74) is 0. The van der Waals surface area contributed by atoms with Crippen molar-refractivity contribution in [2.24, 2.45) is 5.92 Å². The molecule has 1 aliphatic heterocycles. The molecule has 0 bridgehead atoms. The third-order valence-corrected chi connectivity index (χ3v) is 3.24. The Hall–Kier alpha value is -1.29. The van der Waals surface area contributed by atoms with Gasteiger partial charge in [-0.25, -0.2) is 4.98 Å². The molecule has 0 saturated carbocycles. The van der Waals surface area contributed by atoms with Gasteiger partial charge < -0.3 is 14.7 Å². The van der Waals surface area contributed by atoms with E-state index in [-0.39, 0.29) is 12.7 Å². The number of anilines is 1. The van der Waals surface area contributed by atoms with Crippen molar-refractivity contribution in [1.82, 2.24) is 4.98 Å². The number of aromatic nitrogens is 1. The van der Waals surface area contributed by atoms with Crippen LogP contribution in [0.25, 0.3) is 0 Å². The summed E-state index contributed by atoms with van der Waals surface area (Å²) in [7, 11) is 0. The van der Waals surface area contributed by atoms with E-state index < -0.39 is 0 Å². The predicted octanol–water partition coefficient (Wildman–Crippen LogP) is 2.08. The predicted molar refractivity (Wildman–Crippen MR) is 72.0 cm³/mol. The maximum absolute atomic E-state index is 9.00. The van der Waals surface area contributed by atoms with Gasteiger partial charge in [0.05, 0.1) is 6.10 Å². The minimum absolute atomic E-state index is 0.156. The minimum atomic E-state index is 0.156. The van der Waals surface area contributed by atoms with Crippen LogP contribution in [-0.2, 0) is 0 Å². The van der Waals surface area contributed by atoms with Gasteiger partial charge in [0.2, 0.25) is 0 Å². The Morgan fingerprint density at radius 3 is 3.11 bits per heavy atom. The van der Waals surface area contributed by atoms with Gasteiger partial charge in [-0.2, -0.15) is 0 Å². The second-order valence-electron chi connectivity index (χ2n) is 5.10. The Balaban J connectivity index is 2.09. The van der Waals surface area contributed by atoms with Crippen molar-refractivity contribution in [1.29, 1.82) is 0 Å². The molecule has 0 radical (unpaired) electrons. The third-order valence-electron chi connectivity index (χ3n) is 3.24. The average Bonchev–Trinajstić information content (AvgIpc) is 2.78. The van der Waals surface area contributed by atoms with Gasteiger partial charge in [0, 0.05) is 25.9 Å². The van der Waals surface area contributed by atoms with Gasteiger partial charge in [0.15, 0.2) is 11.6 Å². The number of hydrogen-bond acceptors (Lipinski definition) is 4. The first kappa shape index (κ1) is 13.1. The first-order chi connectivity index (χ1) is 8.70. The summed E-state index contributed by atoms with van der Waals surface area (Å²) in [6, 6.07) is 3.88. The van der Waals surface area contributed by atoms with E-state index in [1.165, 1.54) is 0 Å². The molecule has 1 atom stereocenters. The SMILES string of the molecule is CC(C)Oc1cccnc1N1CCC(CCO)C1. The second kappa shape index (κ2) is 6.05. The van der Waals surface area contributed by atoms with Crippen LogP contribution in [0.3, 0.4) is 0 Å². The molecule has 1 aromatic heterocycles. The molecule has 4 heteroatoms. The molecule has 100 valence electrons. The van der Waals surface area contributed by atoms with E-state index in [9.17, 15) is 0 Å². The van der Waals surface area contributed by atoms with E-state index in [2.05, 4.69) is 9.88 Å². The van der Waals surface area contributed by atoms with Crippen LogP contribution in [0.2, 0.25) is 0 Å². The number of ether oxygens (including phenoxy) is 1. The molecule has 1 fully saturated rings. The maximum atomic E-state index is 9.00. The van der Waals surface area contributed by atoms with Crippen molar-refractivity contribution >= 4 is 5.82 Å². The van der Waals surface area contributed by atoms with Crippen molar-refractivity contribution in [2.45, 2.75) is 32.8 Å². The fourth-order valence-corrected chi connectivity index (χ4v) is 2.41. The van der Waals surface area contributed by atoms with Crippen molar-refractivity contribution in [3.63, 3.8) is 0 Å². The molecule has 0 amide bonds. The van der Waals surface area contributed by atoms with Gasteiger partial charge in [0.1, 0.15) is 0 Å². The Morgan fingerprint density at radius 2 is 2.39 bits per heavy atom. The van der Waals surface area contributed by atoms with E-state index in [0.717, 1.165) is 37.5 Å². The molecule has 1 saturated heterocycles. The lowest BCUT2D eigenvalue weighted by atomic mass is 10.1. The van der Waals surface area contributed by atoms with Gasteiger partial charge >= 0.3 is 0 Å². The van der Waals surface area contributed by atoms with Crippen molar-refractivity contribution in [3.8, 4) is 5.75 Å². The Labute approximate surface area is 109 Å². The molecule has 2 heterocycles.